The van der Waals surface area contributed by atoms with Crippen molar-refractivity contribution in [3.63, 3.8) is 0 Å². The summed E-state index contributed by atoms with van der Waals surface area (Å²) in [5.41, 5.74) is 0.662. The molecule has 0 fully saturated rings. The number of hydrogen-bond donors (Lipinski definition) is 4. The van der Waals surface area contributed by atoms with Crippen molar-refractivity contribution in [2.75, 3.05) is 7.11 Å². The first kappa shape index (κ1) is 14.5. The van der Waals surface area contributed by atoms with Gasteiger partial charge in [0.15, 0.2) is 0 Å². The van der Waals surface area contributed by atoms with Crippen LogP contribution in [-0.2, 0) is 20.9 Å². The van der Waals surface area contributed by atoms with E-state index in [0.29, 0.717) is 5.69 Å². The lowest BCUT2D eigenvalue weighted by Gasteiger charge is -2.13. The number of nitrogens with one attached hydrogen (secondary N) is 3. The smallest absolute Gasteiger partial charge is 0.326 e. The zero-order valence-corrected chi connectivity index (χ0v) is 10.2. The number of urea groups is 1. The molecule has 1 rings (SSSR count). The highest BCUT2D eigenvalue weighted by molar-refractivity contribution is 5.86. The van der Waals surface area contributed by atoms with Crippen LogP contribution in [-0.4, -0.2) is 46.2 Å². The highest BCUT2D eigenvalue weighted by Gasteiger charge is 2.23. The number of imidazole rings is 1. The minimum atomic E-state index is -1.34. The van der Waals surface area contributed by atoms with Gasteiger partial charge in [-0.2, -0.15) is 0 Å². The Morgan fingerprint density at radius 1 is 1.53 bits per heavy atom. The van der Waals surface area contributed by atoms with E-state index >= 15 is 0 Å². The van der Waals surface area contributed by atoms with Crippen LogP contribution in [0.5, 0.6) is 0 Å². The second-order valence-corrected chi connectivity index (χ2v) is 3.57. The number of carboxylic acids is 1. The first-order valence-corrected chi connectivity index (χ1v) is 5.34. The Bertz CT molecular complexity index is 445. The minimum absolute atomic E-state index is 0.163. The van der Waals surface area contributed by atoms with E-state index in [9.17, 15) is 14.4 Å². The van der Waals surface area contributed by atoms with Crippen LogP contribution in [0.1, 0.15) is 12.1 Å². The third-order valence-electron chi connectivity index (χ3n) is 2.20. The first-order valence-electron chi connectivity index (χ1n) is 5.34. The van der Waals surface area contributed by atoms with Gasteiger partial charge in [-0.1, -0.05) is 0 Å². The average Bonchev–Trinajstić information content (AvgIpc) is 2.88. The number of nitrogens with zero attached hydrogens (tertiary/aromatic N) is 1. The summed E-state index contributed by atoms with van der Waals surface area (Å²) in [6.07, 6.45) is 2.53. The summed E-state index contributed by atoms with van der Waals surface area (Å²) in [5.74, 6) is -2.04. The van der Waals surface area contributed by atoms with E-state index in [0.717, 1.165) is 7.11 Å². The molecule has 0 spiro atoms. The second kappa shape index (κ2) is 6.99. The average molecular weight is 270 g/mol. The predicted molar refractivity (Wildman–Crippen MR) is 62.0 cm³/mol. The van der Waals surface area contributed by atoms with Crippen molar-refractivity contribution in [1.29, 1.82) is 0 Å². The van der Waals surface area contributed by atoms with Crippen LogP contribution < -0.4 is 10.6 Å². The van der Waals surface area contributed by atoms with Crippen LogP contribution in [0.25, 0.3) is 0 Å². The number of carboxylic acid groups (broad SMARTS) is 1. The van der Waals surface area contributed by atoms with Crippen molar-refractivity contribution in [3.05, 3.63) is 18.2 Å². The van der Waals surface area contributed by atoms with Gasteiger partial charge in [0.1, 0.15) is 6.04 Å². The van der Waals surface area contributed by atoms with Crippen molar-refractivity contribution in [1.82, 2.24) is 20.6 Å². The molecule has 19 heavy (non-hydrogen) atoms. The molecule has 0 saturated carbocycles. The van der Waals surface area contributed by atoms with E-state index in [1.165, 1.54) is 12.5 Å². The standard InChI is InChI=1S/C10H14N4O5/c1-19-8(15)2-7(9(16)17)14-10(18)12-4-6-3-11-5-13-6/h3,5,7H,2,4H2,1H3,(H,11,13)(H,16,17)(H2,12,14,18)/t7-/m0/s1. The van der Waals surface area contributed by atoms with Crippen molar-refractivity contribution >= 4 is 18.0 Å². The van der Waals surface area contributed by atoms with E-state index in [1.54, 1.807) is 0 Å². The number of rotatable bonds is 6. The molecular formula is C10H14N4O5. The molecule has 9 nitrogen and oxygen atoms in total. The third kappa shape index (κ3) is 5.06. The minimum Gasteiger partial charge on any atom is -0.480 e. The SMILES string of the molecule is COC(=O)C[C@H](NC(=O)NCc1cnc[nH]1)C(=O)O. The Balaban J connectivity index is 2.42. The number of carbonyl (C=O) groups excluding carboxylic acids is 2. The Hall–Kier alpha value is -2.58. The molecule has 0 aromatic carbocycles. The fraction of sp³-hybridized carbons (Fsp3) is 0.400. The third-order valence-corrected chi connectivity index (χ3v) is 2.20. The highest BCUT2D eigenvalue weighted by Crippen LogP contribution is 1.95. The van der Waals surface area contributed by atoms with Gasteiger partial charge in [0.05, 0.1) is 32.1 Å². The maximum Gasteiger partial charge on any atom is 0.326 e. The number of ether oxygens (including phenoxy) is 1. The predicted octanol–water partition coefficient (Wildman–Crippen LogP) is -0.775. The highest BCUT2D eigenvalue weighted by atomic mass is 16.5. The van der Waals surface area contributed by atoms with Crippen LogP contribution in [0.2, 0.25) is 0 Å². The molecule has 0 aliphatic heterocycles. The molecule has 0 radical (unpaired) electrons. The molecule has 104 valence electrons. The lowest BCUT2D eigenvalue weighted by molar-refractivity contribution is -0.147. The molecule has 1 aromatic rings. The molecule has 0 unspecified atom stereocenters. The summed E-state index contributed by atoms with van der Waals surface area (Å²) in [7, 11) is 1.14. The Labute approximate surface area is 108 Å². The van der Waals surface area contributed by atoms with Crippen molar-refractivity contribution in [3.8, 4) is 0 Å². The molecular weight excluding hydrogens is 256 g/mol. The van der Waals surface area contributed by atoms with E-state index < -0.39 is 30.4 Å². The quantitative estimate of drug-likeness (QED) is 0.501. The van der Waals surface area contributed by atoms with Crippen molar-refractivity contribution < 1.29 is 24.2 Å². The molecule has 1 aromatic heterocycles. The van der Waals surface area contributed by atoms with Crippen LogP contribution in [0.3, 0.4) is 0 Å². The molecule has 0 saturated heterocycles. The molecule has 4 N–H and O–H groups in total. The zero-order chi connectivity index (χ0) is 14.3. The Morgan fingerprint density at radius 2 is 2.26 bits per heavy atom. The van der Waals surface area contributed by atoms with Gasteiger partial charge in [0.25, 0.3) is 0 Å². The monoisotopic (exact) mass is 270 g/mol. The lowest BCUT2D eigenvalue weighted by atomic mass is 10.2. The number of aromatic nitrogens is 2. The van der Waals surface area contributed by atoms with Gasteiger partial charge in [-0.25, -0.2) is 14.6 Å². The summed E-state index contributed by atoms with van der Waals surface area (Å²) in [6, 6.07) is -2.04. The van der Waals surface area contributed by atoms with E-state index in [1.807, 2.05) is 0 Å². The molecule has 0 bridgehead atoms. The van der Waals surface area contributed by atoms with Crippen LogP contribution in [0.4, 0.5) is 4.79 Å². The van der Waals surface area contributed by atoms with Gasteiger partial charge < -0.3 is 25.5 Å². The molecule has 0 aliphatic rings. The van der Waals surface area contributed by atoms with Crippen molar-refractivity contribution in [2.24, 2.45) is 0 Å². The second-order valence-electron chi connectivity index (χ2n) is 3.57. The number of methoxy groups -OCH3 is 1. The lowest BCUT2D eigenvalue weighted by Crippen LogP contribution is -2.46. The van der Waals surface area contributed by atoms with Crippen LogP contribution in [0, 0.1) is 0 Å². The maximum absolute atomic E-state index is 11.5. The summed E-state index contributed by atoms with van der Waals surface area (Å²) >= 11 is 0. The molecule has 0 aliphatic carbocycles. The number of amides is 2. The van der Waals surface area contributed by atoms with E-state index in [-0.39, 0.29) is 6.54 Å². The van der Waals surface area contributed by atoms with Gasteiger partial charge in [-0.3, -0.25) is 4.79 Å². The van der Waals surface area contributed by atoms with Gasteiger partial charge >= 0.3 is 18.0 Å². The van der Waals surface area contributed by atoms with Crippen molar-refractivity contribution in [2.45, 2.75) is 19.0 Å². The molecule has 2 amide bonds. The number of H-pyrrole nitrogens is 1. The maximum atomic E-state index is 11.5. The number of esters is 1. The normalized spacial score (nSPS) is 11.4. The number of aliphatic carboxylic acids is 1. The van der Waals surface area contributed by atoms with Gasteiger partial charge in [0.2, 0.25) is 0 Å². The molecule has 1 heterocycles. The molecule has 1 atom stereocenters. The fourth-order valence-electron chi connectivity index (χ4n) is 1.22. The Kier molecular flexibility index (Phi) is 5.33. The summed E-state index contributed by atoms with van der Waals surface area (Å²) in [5, 5.41) is 13.4. The van der Waals surface area contributed by atoms with Gasteiger partial charge in [-0.15, -0.1) is 0 Å². The summed E-state index contributed by atoms with van der Waals surface area (Å²) in [4.78, 5) is 39.8. The Morgan fingerprint density at radius 3 is 2.79 bits per heavy atom. The first-order chi connectivity index (χ1) is 9.02. The van der Waals surface area contributed by atoms with E-state index in [4.69, 9.17) is 5.11 Å². The summed E-state index contributed by atoms with van der Waals surface area (Å²) < 4.78 is 4.34. The molecule has 9 heteroatoms. The van der Waals surface area contributed by atoms with Crippen LogP contribution in [0.15, 0.2) is 12.5 Å². The number of hydrogen-bond acceptors (Lipinski definition) is 5. The number of carbonyl (C=O) groups is 3. The summed E-state index contributed by atoms with van der Waals surface area (Å²) in [6.45, 7) is 0.163. The van der Waals surface area contributed by atoms with Gasteiger partial charge in [-0.05, 0) is 0 Å². The largest absolute Gasteiger partial charge is 0.480 e. The van der Waals surface area contributed by atoms with Gasteiger partial charge in [0, 0.05) is 6.20 Å². The zero-order valence-electron chi connectivity index (χ0n) is 10.2. The topological polar surface area (TPSA) is 133 Å². The van der Waals surface area contributed by atoms with E-state index in [2.05, 4.69) is 25.3 Å². The van der Waals surface area contributed by atoms with Crippen LogP contribution >= 0.6 is 0 Å². The fourth-order valence-corrected chi connectivity index (χ4v) is 1.22. The number of aromatic amines is 1.